The molecule has 0 aliphatic carbocycles. The molecule has 0 bridgehead atoms. The fourth-order valence-electron chi connectivity index (χ4n) is 3.00. The Balaban J connectivity index is 2.12. The summed E-state index contributed by atoms with van der Waals surface area (Å²) in [6.07, 6.45) is 3.20. The van der Waals surface area contributed by atoms with Crippen molar-refractivity contribution in [2.24, 2.45) is 0 Å². The van der Waals surface area contributed by atoms with Gasteiger partial charge in [-0.25, -0.2) is 4.79 Å². The summed E-state index contributed by atoms with van der Waals surface area (Å²) in [5, 5.41) is 0.403. The molecular formula is C17H17BF2N3O4+. The minimum atomic E-state index is -2.88. The fourth-order valence-corrected chi connectivity index (χ4v) is 3.00. The first kappa shape index (κ1) is 18.7. The first-order valence-electron chi connectivity index (χ1n) is 8.26. The van der Waals surface area contributed by atoms with Crippen LogP contribution in [0.5, 0.6) is 0 Å². The predicted octanol–water partition coefficient (Wildman–Crippen LogP) is 1.56. The maximum atomic E-state index is 13.6. The van der Waals surface area contributed by atoms with E-state index in [0.29, 0.717) is 15.2 Å². The van der Waals surface area contributed by atoms with Crippen molar-refractivity contribution < 1.29 is 32.4 Å². The van der Waals surface area contributed by atoms with Crippen LogP contribution in [0.2, 0.25) is 0 Å². The lowest BCUT2D eigenvalue weighted by atomic mass is 10.1. The monoisotopic (exact) mass is 376 g/mol. The van der Waals surface area contributed by atoms with Gasteiger partial charge in [0, 0.05) is 37.6 Å². The number of likely N-dealkylation sites (N-methyl/N-ethyl adjacent to an activating group) is 1. The zero-order valence-corrected chi connectivity index (χ0v) is 15.0. The van der Waals surface area contributed by atoms with Crippen LogP contribution in [0.1, 0.15) is 31.2 Å². The van der Waals surface area contributed by atoms with E-state index in [-0.39, 0.29) is 29.8 Å². The molecule has 10 heteroatoms. The van der Waals surface area contributed by atoms with E-state index in [0.717, 1.165) is 5.71 Å². The molecule has 1 saturated heterocycles. The van der Waals surface area contributed by atoms with Crippen LogP contribution in [0, 0.1) is 6.92 Å². The lowest BCUT2D eigenvalue weighted by Crippen LogP contribution is -2.33. The lowest BCUT2D eigenvalue weighted by molar-refractivity contribution is -0.433. The number of aryl methyl sites for hydroxylation is 1. The molecule has 3 heterocycles. The standard InChI is InChI=1S/C17H17BF2N3O4/c1-10-4-6-12(21(10)3)16(13-7-5-11(2)22(13)18(19)20)17(26)27-23-14(24)8-9-15(23)25/h4-7H,8-9H2,1-3H3/q+1. The van der Waals surface area contributed by atoms with E-state index < -0.39 is 25.2 Å². The molecule has 140 valence electrons. The summed E-state index contributed by atoms with van der Waals surface area (Å²) >= 11 is 0. The van der Waals surface area contributed by atoms with Crippen LogP contribution in [0.15, 0.2) is 30.0 Å². The number of carbonyl (C=O) groups is 3. The van der Waals surface area contributed by atoms with Crippen molar-refractivity contribution in [1.29, 1.82) is 0 Å². The van der Waals surface area contributed by atoms with Gasteiger partial charge < -0.3 is 9.32 Å². The Morgan fingerprint density at radius 2 is 1.78 bits per heavy atom. The zero-order chi connectivity index (χ0) is 19.9. The molecule has 1 aromatic heterocycles. The van der Waals surface area contributed by atoms with Gasteiger partial charge in [0.1, 0.15) is 7.05 Å². The minimum absolute atomic E-state index is 0.0583. The van der Waals surface area contributed by atoms with Gasteiger partial charge in [-0.2, -0.15) is 4.58 Å². The average molecular weight is 376 g/mol. The highest BCUT2D eigenvalue weighted by molar-refractivity contribution is 6.42. The summed E-state index contributed by atoms with van der Waals surface area (Å²) in [6.45, 7) is 3.28. The van der Waals surface area contributed by atoms with Crippen molar-refractivity contribution in [1.82, 2.24) is 9.54 Å². The van der Waals surface area contributed by atoms with Gasteiger partial charge in [-0.05, 0) is 19.1 Å². The summed E-state index contributed by atoms with van der Waals surface area (Å²) in [5.41, 5.74) is 1.15. The van der Waals surface area contributed by atoms with E-state index in [1.807, 2.05) is 0 Å². The van der Waals surface area contributed by atoms with Crippen molar-refractivity contribution in [2.45, 2.75) is 26.7 Å². The van der Waals surface area contributed by atoms with Crippen LogP contribution in [0.25, 0.3) is 5.57 Å². The highest BCUT2D eigenvalue weighted by Crippen LogP contribution is 2.28. The van der Waals surface area contributed by atoms with Crippen molar-refractivity contribution in [3.63, 3.8) is 0 Å². The normalized spacial score (nSPS) is 18.6. The van der Waals surface area contributed by atoms with Gasteiger partial charge in [0.15, 0.2) is 11.3 Å². The second-order valence-corrected chi connectivity index (χ2v) is 6.26. The highest BCUT2D eigenvalue weighted by atomic mass is 19.2. The number of amides is 2. The maximum Gasteiger partial charge on any atom is 0.677 e. The van der Waals surface area contributed by atoms with Crippen molar-refractivity contribution >= 4 is 36.5 Å². The van der Waals surface area contributed by atoms with Crippen LogP contribution in [0.3, 0.4) is 0 Å². The first-order valence-corrected chi connectivity index (χ1v) is 8.26. The van der Waals surface area contributed by atoms with Gasteiger partial charge in [0.05, 0.1) is 5.69 Å². The van der Waals surface area contributed by atoms with Crippen LogP contribution in [0.4, 0.5) is 8.63 Å². The minimum Gasteiger partial charge on any atom is -0.329 e. The second-order valence-electron chi connectivity index (χ2n) is 6.26. The predicted molar refractivity (Wildman–Crippen MR) is 92.6 cm³/mol. The number of hydrogen-bond donors (Lipinski definition) is 0. The van der Waals surface area contributed by atoms with Crippen LogP contribution in [-0.2, 0) is 19.2 Å². The summed E-state index contributed by atoms with van der Waals surface area (Å²) in [7, 11) is -1.21. The second kappa shape index (κ2) is 6.94. The Morgan fingerprint density at radius 3 is 2.30 bits per heavy atom. The number of halogens is 2. The quantitative estimate of drug-likeness (QED) is 0.346. The molecule has 2 aliphatic rings. The molecule has 0 aromatic carbocycles. The summed E-state index contributed by atoms with van der Waals surface area (Å²) in [4.78, 5) is 41.4. The van der Waals surface area contributed by atoms with Gasteiger partial charge in [0.25, 0.3) is 11.8 Å². The molecule has 27 heavy (non-hydrogen) atoms. The van der Waals surface area contributed by atoms with Gasteiger partial charge in [-0.1, -0.05) is 0 Å². The number of hydroxylamine groups is 2. The Hall–Kier alpha value is -3.04. The Labute approximate surface area is 154 Å². The number of allylic oxidation sites excluding steroid dienone is 2. The molecule has 3 rings (SSSR count). The average Bonchev–Trinajstić information content (AvgIpc) is 3.24. The topological polar surface area (TPSA) is 71.6 Å². The van der Waals surface area contributed by atoms with Crippen LogP contribution in [-0.4, -0.2) is 52.1 Å². The molecular weight excluding hydrogens is 359 g/mol. The molecule has 0 radical (unpaired) electrons. The van der Waals surface area contributed by atoms with Crippen molar-refractivity contribution in [2.75, 3.05) is 7.05 Å². The number of carbonyl (C=O) groups excluding carboxylic acids is 3. The molecule has 1 fully saturated rings. The maximum absolute atomic E-state index is 13.6. The first-order chi connectivity index (χ1) is 12.7. The van der Waals surface area contributed by atoms with E-state index in [4.69, 9.17) is 4.84 Å². The number of imide groups is 1. The van der Waals surface area contributed by atoms with E-state index in [1.54, 1.807) is 30.7 Å². The van der Waals surface area contributed by atoms with Gasteiger partial charge >= 0.3 is 13.4 Å². The third kappa shape index (κ3) is 3.22. The van der Waals surface area contributed by atoms with Gasteiger partial charge in [-0.15, -0.1) is 5.06 Å². The zero-order valence-electron chi connectivity index (χ0n) is 15.0. The van der Waals surface area contributed by atoms with E-state index in [1.165, 1.54) is 19.1 Å². The third-order valence-corrected chi connectivity index (χ3v) is 4.59. The van der Waals surface area contributed by atoms with Crippen LogP contribution >= 0.6 is 0 Å². The number of rotatable bonds is 4. The van der Waals surface area contributed by atoms with E-state index >= 15 is 0 Å². The Morgan fingerprint density at radius 1 is 1.15 bits per heavy atom. The molecule has 2 amide bonds. The third-order valence-electron chi connectivity index (χ3n) is 4.59. The molecule has 0 N–H and O–H groups in total. The number of nitrogens with zero attached hydrogens (tertiary/aromatic N) is 3. The molecule has 0 unspecified atom stereocenters. The lowest BCUT2D eigenvalue weighted by Gasteiger charge is -2.16. The Bertz CT molecular complexity index is 930. The van der Waals surface area contributed by atoms with E-state index in [2.05, 4.69) is 0 Å². The fraction of sp³-hybridized carbons (Fsp3) is 0.294. The van der Waals surface area contributed by atoms with E-state index in [9.17, 15) is 23.0 Å². The Kier molecular flexibility index (Phi) is 4.82. The number of hydrogen-bond acceptors (Lipinski definition) is 4. The SMILES string of the molecule is CC1=[N+](C)/C(=C(/C(=O)ON2C(=O)CCC2=O)c2ccc(C)n2B(F)F)C=C1. The van der Waals surface area contributed by atoms with Crippen LogP contribution < -0.4 is 0 Å². The molecule has 2 aliphatic heterocycles. The summed E-state index contributed by atoms with van der Waals surface area (Å²) < 4.78 is 29.5. The summed E-state index contributed by atoms with van der Waals surface area (Å²) in [6, 6.07) is 2.84. The molecule has 0 saturated carbocycles. The molecule has 0 atom stereocenters. The van der Waals surface area contributed by atoms with Crippen molar-refractivity contribution in [3.05, 3.63) is 41.4 Å². The smallest absolute Gasteiger partial charge is 0.329 e. The summed E-state index contributed by atoms with van der Waals surface area (Å²) in [5.74, 6) is -2.34. The van der Waals surface area contributed by atoms with Gasteiger partial charge in [0.2, 0.25) is 5.70 Å². The number of aromatic nitrogens is 1. The van der Waals surface area contributed by atoms with Gasteiger partial charge in [-0.3, -0.25) is 18.2 Å². The molecule has 1 aromatic rings. The highest BCUT2D eigenvalue weighted by Gasteiger charge is 2.38. The largest absolute Gasteiger partial charge is 0.677 e. The molecule has 7 nitrogen and oxygen atoms in total. The van der Waals surface area contributed by atoms with Crippen molar-refractivity contribution in [3.8, 4) is 0 Å². The molecule has 0 spiro atoms.